The molecule has 0 radical (unpaired) electrons. The van der Waals surface area contributed by atoms with Crippen LogP contribution in [0.3, 0.4) is 0 Å². The Kier molecular flexibility index (Phi) is 4.36. The number of oxazole rings is 1. The molecule has 1 aromatic carbocycles. The maximum atomic E-state index is 13.2. The summed E-state index contributed by atoms with van der Waals surface area (Å²) in [7, 11) is 0. The van der Waals surface area contributed by atoms with Crippen molar-refractivity contribution in [2.45, 2.75) is 31.8 Å². The van der Waals surface area contributed by atoms with Gasteiger partial charge in [0.05, 0.1) is 0 Å². The van der Waals surface area contributed by atoms with E-state index in [1.54, 1.807) is 0 Å². The summed E-state index contributed by atoms with van der Waals surface area (Å²) in [6.07, 6.45) is 3.35. The molecule has 138 valence electrons. The van der Waals surface area contributed by atoms with Crippen LogP contribution in [0.15, 0.2) is 28.8 Å². The van der Waals surface area contributed by atoms with Crippen molar-refractivity contribution in [3.63, 3.8) is 0 Å². The molecule has 5 rings (SSSR count). The van der Waals surface area contributed by atoms with Crippen LogP contribution >= 0.6 is 0 Å². The number of ether oxygens (including phenoxy) is 1. The zero-order valence-electron chi connectivity index (χ0n) is 14.2. The number of carbonyl (C=O) groups is 1. The highest BCUT2D eigenvalue weighted by Crippen LogP contribution is 2.32. The summed E-state index contributed by atoms with van der Waals surface area (Å²) in [4.78, 5) is 18.7. The minimum Gasteiger partial charge on any atom is -0.425 e. The van der Waals surface area contributed by atoms with E-state index in [-0.39, 0.29) is 29.7 Å². The molecule has 3 fully saturated rings. The molecule has 6 nitrogen and oxygen atoms in total. The van der Waals surface area contributed by atoms with Gasteiger partial charge in [0.25, 0.3) is 5.89 Å². The van der Waals surface area contributed by atoms with Gasteiger partial charge < -0.3 is 14.5 Å². The topological polar surface area (TPSA) is 67.6 Å². The Labute approximate surface area is 149 Å². The van der Waals surface area contributed by atoms with Gasteiger partial charge in [-0.2, -0.15) is 0 Å². The minimum atomic E-state index is -0.770. The number of amides is 1. The Morgan fingerprint density at radius 1 is 1.27 bits per heavy atom. The lowest BCUT2D eigenvalue weighted by Gasteiger charge is -2.49. The smallest absolute Gasteiger partial charge is 0.311 e. The number of halogens is 2. The Bertz CT molecular complexity index is 796. The molecule has 1 amide bonds. The fourth-order valence-corrected chi connectivity index (χ4v) is 3.87. The van der Waals surface area contributed by atoms with Crippen molar-refractivity contribution in [2.24, 2.45) is 5.92 Å². The molecule has 0 saturated carbocycles. The Hall–Kier alpha value is -2.48. The normalized spacial score (nSPS) is 27.3. The number of benzene rings is 1. The monoisotopic (exact) mass is 363 g/mol. The van der Waals surface area contributed by atoms with Gasteiger partial charge in [0.15, 0.2) is 0 Å². The van der Waals surface area contributed by atoms with Crippen molar-refractivity contribution in [3.05, 3.63) is 41.9 Å². The van der Waals surface area contributed by atoms with Crippen LogP contribution in [0.2, 0.25) is 0 Å². The number of nitrogens with one attached hydrogen (secondary N) is 1. The average molecular weight is 363 g/mol. The minimum absolute atomic E-state index is 0.0542. The number of hydrogen-bond donors (Lipinski definition) is 1. The van der Waals surface area contributed by atoms with Crippen LogP contribution in [-0.2, 0) is 0 Å². The summed E-state index contributed by atoms with van der Waals surface area (Å²) in [5.41, 5.74) is 0. The van der Waals surface area contributed by atoms with E-state index in [2.05, 4.69) is 22.1 Å². The van der Waals surface area contributed by atoms with Crippen LogP contribution in [0.1, 0.15) is 30.5 Å². The SMILES string of the molecule is CC1C(NC(=O)c2ncc(Oc3cc(F)cc(F)c3)o2)C2CCN1CC2. The number of rotatable bonds is 4. The van der Waals surface area contributed by atoms with E-state index in [9.17, 15) is 13.6 Å². The molecular formula is C18H19F2N3O3. The van der Waals surface area contributed by atoms with Gasteiger partial charge in [-0.15, -0.1) is 0 Å². The molecule has 4 heterocycles. The Balaban J connectivity index is 1.43. The van der Waals surface area contributed by atoms with Crippen LogP contribution in [0, 0.1) is 17.6 Å². The lowest BCUT2D eigenvalue weighted by atomic mass is 9.79. The van der Waals surface area contributed by atoms with Gasteiger partial charge in [-0.05, 0) is 38.8 Å². The van der Waals surface area contributed by atoms with Crippen molar-refractivity contribution in [1.82, 2.24) is 15.2 Å². The highest BCUT2D eigenvalue weighted by atomic mass is 19.1. The van der Waals surface area contributed by atoms with E-state index in [1.807, 2.05) is 0 Å². The van der Waals surface area contributed by atoms with Crippen molar-refractivity contribution < 1.29 is 22.7 Å². The summed E-state index contributed by atoms with van der Waals surface area (Å²) in [6.45, 7) is 4.25. The van der Waals surface area contributed by atoms with E-state index in [0.717, 1.165) is 44.1 Å². The van der Waals surface area contributed by atoms with Crippen molar-refractivity contribution >= 4 is 5.91 Å². The number of fused-ring (bicyclic) bond motifs is 3. The largest absolute Gasteiger partial charge is 0.425 e. The predicted molar refractivity (Wildman–Crippen MR) is 87.9 cm³/mol. The van der Waals surface area contributed by atoms with Crippen LogP contribution in [-0.4, -0.2) is 41.0 Å². The third-order valence-corrected chi connectivity index (χ3v) is 5.21. The summed E-state index contributed by atoms with van der Waals surface area (Å²) >= 11 is 0. The van der Waals surface area contributed by atoms with Gasteiger partial charge in [0.1, 0.15) is 23.6 Å². The molecule has 8 heteroatoms. The van der Waals surface area contributed by atoms with Crippen molar-refractivity contribution in [2.75, 3.05) is 13.1 Å². The Morgan fingerprint density at radius 2 is 1.96 bits per heavy atom. The molecule has 0 aliphatic carbocycles. The van der Waals surface area contributed by atoms with Gasteiger partial charge in [-0.3, -0.25) is 9.69 Å². The molecule has 2 unspecified atom stereocenters. The van der Waals surface area contributed by atoms with Crippen LogP contribution in [0.25, 0.3) is 0 Å². The second-order valence-corrected chi connectivity index (χ2v) is 6.80. The number of carbonyl (C=O) groups excluding carboxylic acids is 1. The molecule has 2 atom stereocenters. The highest BCUT2D eigenvalue weighted by molar-refractivity contribution is 5.90. The first-order chi connectivity index (χ1) is 12.5. The number of aromatic nitrogens is 1. The van der Waals surface area contributed by atoms with E-state index in [1.165, 1.54) is 6.20 Å². The van der Waals surface area contributed by atoms with Gasteiger partial charge in [0.2, 0.25) is 0 Å². The lowest BCUT2D eigenvalue weighted by molar-refractivity contribution is 0.0209. The van der Waals surface area contributed by atoms with Crippen molar-refractivity contribution in [1.29, 1.82) is 0 Å². The first-order valence-corrected chi connectivity index (χ1v) is 8.64. The first-order valence-electron chi connectivity index (χ1n) is 8.64. The molecule has 1 N–H and O–H groups in total. The second kappa shape index (κ2) is 6.68. The molecular weight excluding hydrogens is 344 g/mol. The van der Waals surface area contributed by atoms with Crippen molar-refractivity contribution in [3.8, 4) is 11.7 Å². The summed E-state index contributed by atoms with van der Waals surface area (Å²) < 4.78 is 36.9. The van der Waals surface area contributed by atoms with E-state index < -0.39 is 17.5 Å². The van der Waals surface area contributed by atoms with Gasteiger partial charge in [0, 0.05) is 30.3 Å². The Morgan fingerprint density at radius 3 is 2.62 bits per heavy atom. The molecule has 2 bridgehead atoms. The zero-order valence-corrected chi connectivity index (χ0v) is 14.2. The van der Waals surface area contributed by atoms with Gasteiger partial charge >= 0.3 is 11.9 Å². The van der Waals surface area contributed by atoms with Gasteiger partial charge in [-0.25, -0.2) is 13.8 Å². The van der Waals surface area contributed by atoms with Crippen LogP contribution in [0.4, 0.5) is 8.78 Å². The van der Waals surface area contributed by atoms with E-state index in [0.29, 0.717) is 5.92 Å². The molecule has 0 spiro atoms. The summed E-state index contributed by atoms with van der Waals surface area (Å²) in [6, 6.07) is 3.09. The quantitative estimate of drug-likeness (QED) is 0.905. The van der Waals surface area contributed by atoms with Crippen LogP contribution < -0.4 is 10.1 Å². The molecule has 3 saturated heterocycles. The highest BCUT2D eigenvalue weighted by Gasteiger charge is 2.40. The average Bonchev–Trinajstić information content (AvgIpc) is 3.06. The first kappa shape index (κ1) is 17.0. The number of nitrogens with zero attached hydrogens (tertiary/aromatic N) is 2. The third-order valence-electron chi connectivity index (χ3n) is 5.21. The summed E-state index contributed by atoms with van der Waals surface area (Å²) in [5, 5.41) is 3.00. The molecule has 1 aromatic heterocycles. The molecule has 3 aliphatic rings. The summed E-state index contributed by atoms with van der Waals surface area (Å²) in [5.74, 6) is -1.82. The number of piperidine rings is 3. The van der Waals surface area contributed by atoms with Gasteiger partial charge in [-0.1, -0.05) is 0 Å². The third kappa shape index (κ3) is 3.29. The maximum Gasteiger partial charge on any atom is 0.311 e. The van der Waals surface area contributed by atoms with E-state index in [4.69, 9.17) is 9.15 Å². The second-order valence-electron chi connectivity index (χ2n) is 6.80. The number of hydrogen-bond acceptors (Lipinski definition) is 5. The maximum absolute atomic E-state index is 13.2. The standard InChI is InChI=1S/C18H19F2N3O3/c1-10-16(11-2-4-23(10)5-3-11)22-17(24)18-21-9-15(26-18)25-14-7-12(19)6-13(20)8-14/h6-11,16H,2-5H2,1H3,(H,22,24). The lowest BCUT2D eigenvalue weighted by Crippen LogP contribution is -2.62. The molecule has 26 heavy (non-hydrogen) atoms. The molecule has 3 aliphatic heterocycles. The van der Waals surface area contributed by atoms with Crippen LogP contribution in [0.5, 0.6) is 11.7 Å². The van der Waals surface area contributed by atoms with E-state index >= 15 is 0 Å². The fraction of sp³-hybridized carbons (Fsp3) is 0.444. The molecule has 2 aromatic rings. The fourth-order valence-electron chi connectivity index (χ4n) is 3.87. The predicted octanol–water partition coefficient (Wildman–Crippen LogP) is 2.96. The zero-order chi connectivity index (χ0) is 18.3.